The summed E-state index contributed by atoms with van der Waals surface area (Å²) in [7, 11) is 1.56. The Morgan fingerprint density at radius 3 is 2.59 bits per heavy atom. The van der Waals surface area contributed by atoms with Gasteiger partial charge in [-0.25, -0.2) is 0 Å². The minimum absolute atomic E-state index is 0.0206. The van der Waals surface area contributed by atoms with Gasteiger partial charge in [0.15, 0.2) is 5.11 Å². The topological polar surface area (TPSA) is 42.5 Å². The number of rotatable bonds is 5. The van der Waals surface area contributed by atoms with Gasteiger partial charge in [0.25, 0.3) is 0 Å². The Hall–Kier alpha value is -2.41. The summed E-state index contributed by atoms with van der Waals surface area (Å²) in [6.07, 6.45) is 0. The van der Waals surface area contributed by atoms with Gasteiger partial charge >= 0.3 is 6.61 Å². The molecular formula is C15H14F2N2O2S. The van der Waals surface area contributed by atoms with E-state index in [4.69, 9.17) is 17.0 Å². The molecule has 2 N–H and O–H groups in total. The molecule has 2 aromatic carbocycles. The number of thiocarbonyl (C=S) groups is 1. The van der Waals surface area contributed by atoms with Crippen molar-refractivity contribution in [3.63, 3.8) is 0 Å². The number of alkyl halides is 2. The van der Waals surface area contributed by atoms with E-state index in [1.165, 1.54) is 6.07 Å². The number of anilines is 2. The van der Waals surface area contributed by atoms with E-state index < -0.39 is 6.61 Å². The summed E-state index contributed by atoms with van der Waals surface area (Å²) in [5, 5.41) is 6.01. The van der Waals surface area contributed by atoms with Gasteiger partial charge in [-0.1, -0.05) is 18.2 Å². The molecule has 0 amide bonds. The average molecular weight is 324 g/mol. The molecule has 0 aliphatic carbocycles. The molecule has 0 unspecified atom stereocenters. The summed E-state index contributed by atoms with van der Waals surface area (Å²) in [6.45, 7) is -2.90. The molecule has 0 bridgehead atoms. The molecule has 0 aliphatic heterocycles. The van der Waals surface area contributed by atoms with Gasteiger partial charge in [0.1, 0.15) is 11.5 Å². The van der Waals surface area contributed by atoms with Crippen LogP contribution >= 0.6 is 12.2 Å². The van der Waals surface area contributed by atoms with Crippen molar-refractivity contribution < 1.29 is 18.3 Å². The summed E-state index contributed by atoms with van der Waals surface area (Å²) < 4.78 is 34.3. The summed E-state index contributed by atoms with van der Waals surface area (Å²) >= 11 is 5.16. The molecule has 0 heterocycles. The first kappa shape index (κ1) is 16.0. The van der Waals surface area contributed by atoms with Crippen LogP contribution in [0.5, 0.6) is 11.5 Å². The van der Waals surface area contributed by atoms with Gasteiger partial charge in [-0.2, -0.15) is 8.78 Å². The molecule has 0 aliphatic rings. The van der Waals surface area contributed by atoms with E-state index >= 15 is 0 Å². The van der Waals surface area contributed by atoms with Crippen molar-refractivity contribution in [2.45, 2.75) is 6.61 Å². The fourth-order valence-electron chi connectivity index (χ4n) is 1.75. The molecule has 2 rings (SSSR count). The van der Waals surface area contributed by atoms with E-state index in [-0.39, 0.29) is 10.9 Å². The molecule has 116 valence electrons. The van der Waals surface area contributed by atoms with Gasteiger partial charge in [-0.05, 0) is 36.5 Å². The van der Waals surface area contributed by atoms with Gasteiger partial charge in [0.2, 0.25) is 0 Å². The van der Waals surface area contributed by atoms with E-state index in [0.717, 1.165) is 0 Å². The van der Waals surface area contributed by atoms with Crippen molar-refractivity contribution in [3.05, 3.63) is 48.5 Å². The minimum atomic E-state index is -2.90. The zero-order valence-electron chi connectivity index (χ0n) is 11.7. The van der Waals surface area contributed by atoms with Gasteiger partial charge in [0.05, 0.1) is 12.8 Å². The average Bonchev–Trinajstić information content (AvgIpc) is 2.49. The third kappa shape index (κ3) is 4.56. The second-order valence-corrected chi connectivity index (χ2v) is 4.59. The maximum Gasteiger partial charge on any atom is 0.387 e. The lowest BCUT2D eigenvalue weighted by Gasteiger charge is -2.14. The number of hydrogen-bond acceptors (Lipinski definition) is 3. The first-order chi connectivity index (χ1) is 10.6. The largest absolute Gasteiger partial charge is 0.497 e. The van der Waals surface area contributed by atoms with Gasteiger partial charge in [0, 0.05) is 11.8 Å². The normalized spacial score (nSPS) is 10.2. The molecule has 4 nitrogen and oxygen atoms in total. The van der Waals surface area contributed by atoms with Crippen molar-refractivity contribution >= 4 is 28.7 Å². The predicted molar refractivity (Wildman–Crippen MR) is 85.9 cm³/mol. The van der Waals surface area contributed by atoms with Crippen LogP contribution in [-0.2, 0) is 0 Å². The van der Waals surface area contributed by atoms with Gasteiger partial charge in [-0.3, -0.25) is 0 Å². The number of hydrogen-bond donors (Lipinski definition) is 2. The number of benzene rings is 2. The highest BCUT2D eigenvalue weighted by Gasteiger charge is 2.10. The quantitative estimate of drug-likeness (QED) is 0.810. The standard InChI is InChI=1S/C15H14F2N2O2S/c1-20-11-6-4-5-10(9-11)18-15(22)19-12-7-2-3-8-13(12)21-14(16)17/h2-9,14H,1H3,(H2,18,19,22). The van der Waals surface area contributed by atoms with Crippen molar-refractivity contribution in [1.29, 1.82) is 0 Å². The Bertz CT molecular complexity index is 653. The van der Waals surface area contributed by atoms with Gasteiger partial charge < -0.3 is 20.1 Å². The minimum Gasteiger partial charge on any atom is -0.497 e. The molecule has 0 fully saturated rings. The Labute approximate surface area is 132 Å². The highest BCUT2D eigenvalue weighted by Crippen LogP contribution is 2.26. The van der Waals surface area contributed by atoms with Crippen LogP contribution in [0.15, 0.2) is 48.5 Å². The fourth-order valence-corrected chi connectivity index (χ4v) is 1.98. The molecule has 0 aromatic heterocycles. The second-order valence-electron chi connectivity index (χ2n) is 4.19. The van der Waals surface area contributed by atoms with Crippen LogP contribution in [0.25, 0.3) is 0 Å². The monoisotopic (exact) mass is 324 g/mol. The molecule has 0 saturated carbocycles. The molecule has 0 saturated heterocycles. The van der Waals surface area contributed by atoms with E-state index in [2.05, 4.69) is 15.4 Å². The lowest BCUT2D eigenvalue weighted by Crippen LogP contribution is -2.19. The van der Waals surface area contributed by atoms with Crippen molar-refractivity contribution in [2.24, 2.45) is 0 Å². The Balaban J connectivity index is 2.05. The van der Waals surface area contributed by atoms with Crippen LogP contribution in [0.1, 0.15) is 0 Å². The molecule has 7 heteroatoms. The van der Waals surface area contributed by atoms with Crippen LogP contribution in [0.4, 0.5) is 20.2 Å². The number of para-hydroxylation sites is 2. The van der Waals surface area contributed by atoms with Crippen LogP contribution in [-0.4, -0.2) is 18.8 Å². The van der Waals surface area contributed by atoms with E-state index in [1.54, 1.807) is 49.6 Å². The summed E-state index contributed by atoms with van der Waals surface area (Å²) in [5.74, 6) is 0.696. The molecule has 0 atom stereocenters. The summed E-state index contributed by atoms with van der Waals surface area (Å²) in [4.78, 5) is 0. The first-order valence-electron chi connectivity index (χ1n) is 6.34. The van der Waals surface area contributed by atoms with Crippen LogP contribution < -0.4 is 20.1 Å². The fraction of sp³-hybridized carbons (Fsp3) is 0.133. The van der Waals surface area contributed by atoms with Crippen molar-refractivity contribution in [2.75, 3.05) is 17.7 Å². The highest BCUT2D eigenvalue weighted by atomic mass is 32.1. The Morgan fingerprint density at radius 1 is 1.09 bits per heavy atom. The smallest absolute Gasteiger partial charge is 0.387 e. The molecule has 0 radical (unpaired) electrons. The molecule has 0 spiro atoms. The van der Waals surface area contributed by atoms with E-state index in [0.29, 0.717) is 17.1 Å². The maximum absolute atomic E-state index is 12.4. The predicted octanol–water partition coefficient (Wildman–Crippen LogP) is 4.11. The van der Waals surface area contributed by atoms with Crippen LogP contribution in [0, 0.1) is 0 Å². The molecule has 2 aromatic rings. The number of halogens is 2. The number of nitrogens with one attached hydrogen (secondary N) is 2. The molecule has 22 heavy (non-hydrogen) atoms. The number of ether oxygens (including phenoxy) is 2. The maximum atomic E-state index is 12.4. The Morgan fingerprint density at radius 2 is 1.86 bits per heavy atom. The molecular weight excluding hydrogens is 310 g/mol. The van der Waals surface area contributed by atoms with E-state index in [9.17, 15) is 8.78 Å². The van der Waals surface area contributed by atoms with Crippen LogP contribution in [0.3, 0.4) is 0 Å². The highest BCUT2D eigenvalue weighted by molar-refractivity contribution is 7.80. The van der Waals surface area contributed by atoms with Gasteiger partial charge in [-0.15, -0.1) is 0 Å². The summed E-state index contributed by atoms with van der Waals surface area (Å²) in [5.41, 5.74) is 1.06. The lowest BCUT2D eigenvalue weighted by atomic mass is 10.3. The third-order valence-electron chi connectivity index (χ3n) is 2.68. The third-order valence-corrected chi connectivity index (χ3v) is 2.88. The van der Waals surface area contributed by atoms with Crippen molar-refractivity contribution in [1.82, 2.24) is 0 Å². The first-order valence-corrected chi connectivity index (χ1v) is 6.75. The lowest BCUT2D eigenvalue weighted by molar-refractivity contribution is -0.0493. The zero-order valence-corrected chi connectivity index (χ0v) is 12.5. The second kappa shape index (κ2) is 7.56. The Kier molecular flexibility index (Phi) is 5.48. The van der Waals surface area contributed by atoms with Crippen LogP contribution in [0.2, 0.25) is 0 Å². The zero-order chi connectivity index (χ0) is 15.9. The SMILES string of the molecule is COc1cccc(NC(=S)Nc2ccccc2OC(F)F)c1. The number of methoxy groups -OCH3 is 1. The van der Waals surface area contributed by atoms with Crippen molar-refractivity contribution in [3.8, 4) is 11.5 Å². The summed E-state index contributed by atoms with van der Waals surface area (Å²) in [6, 6.07) is 13.5. The van der Waals surface area contributed by atoms with E-state index in [1.807, 2.05) is 0 Å².